The molecule has 0 heterocycles. The molecule has 52 heavy (non-hydrogen) atoms. The van der Waals surface area contributed by atoms with E-state index in [0.717, 1.165) is 5.57 Å². The Hall–Kier alpha value is -1.13. The van der Waals surface area contributed by atoms with E-state index < -0.39 is 16.6 Å². The molecule has 0 aromatic rings. The Balaban J connectivity index is -0.000000170. The van der Waals surface area contributed by atoms with Gasteiger partial charge in [0.2, 0.25) is 0 Å². The van der Waals surface area contributed by atoms with Gasteiger partial charge in [-0.2, -0.15) is 19.2 Å². The van der Waals surface area contributed by atoms with Crippen LogP contribution in [0, 0.1) is 11.8 Å². The Labute approximate surface area is 344 Å². The number of carbonyl (C=O) groups excluding carboxylic acids is 5. The first-order chi connectivity index (χ1) is 22.5. The Morgan fingerprint density at radius 3 is 1.27 bits per heavy atom. The van der Waals surface area contributed by atoms with Crippen molar-refractivity contribution in [1.82, 2.24) is 0 Å². The first-order valence-corrected chi connectivity index (χ1v) is 23.4. The van der Waals surface area contributed by atoms with Gasteiger partial charge in [-0.05, 0) is 109 Å². The average Bonchev–Trinajstić information content (AvgIpc) is 2.98. The molecule has 0 saturated carbocycles. The van der Waals surface area contributed by atoms with Crippen molar-refractivity contribution in [3.05, 3.63) is 46.6 Å². The predicted octanol–water partition coefficient (Wildman–Crippen LogP) is 10.4. The Kier molecular flexibility index (Phi) is 36.4. The molecule has 0 saturated heterocycles. The van der Waals surface area contributed by atoms with Crippen LogP contribution in [0.4, 0.5) is 0 Å². The molecule has 0 fully saturated rings. The summed E-state index contributed by atoms with van der Waals surface area (Å²) < 4.78 is 13.2. The fourth-order valence-electron chi connectivity index (χ4n) is 3.95. The first-order valence-electron chi connectivity index (χ1n) is 17.6. The van der Waals surface area contributed by atoms with Gasteiger partial charge in [0.1, 0.15) is 5.78 Å². The number of hydrogen-bond donors (Lipinski definition) is 1. The van der Waals surface area contributed by atoms with E-state index in [1.165, 1.54) is 16.7 Å². The van der Waals surface area contributed by atoms with E-state index in [2.05, 4.69) is 121 Å². The molecule has 0 aromatic carbocycles. The van der Waals surface area contributed by atoms with Crippen LogP contribution in [0.25, 0.3) is 0 Å². The number of ketones is 1. The molecular weight excluding hydrogens is 766 g/mol. The number of carbonyl (C=O) groups is 1. The molecule has 0 bridgehead atoms. The fraction of sp³-hybridized carbons (Fsp3) is 0.725. The molecule has 0 aliphatic heterocycles. The van der Waals surface area contributed by atoms with Gasteiger partial charge in [0.15, 0.2) is 16.6 Å². The molecular formula is C40H74O8Si2V2. The minimum Gasteiger partial charge on any atom is -0.410 e. The van der Waals surface area contributed by atoms with Crippen molar-refractivity contribution in [2.45, 2.75) is 178 Å². The summed E-state index contributed by atoms with van der Waals surface area (Å²) in [6.07, 6.45) is 9.50. The summed E-state index contributed by atoms with van der Waals surface area (Å²) in [7, 11) is -3.78. The monoisotopic (exact) mass is 840 g/mol. The van der Waals surface area contributed by atoms with E-state index in [1.54, 1.807) is 0 Å². The van der Waals surface area contributed by atoms with E-state index in [1.807, 2.05) is 40.7 Å². The second-order valence-corrected chi connectivity index (χ2v) is 26.0. The van der Waals surface area contributed by atoms with Crippen LogP contribution in [0.1, 0.15) is 124 Å². The van der Waals surface area contributed by atoms with Crippen molar-refractivity contribution in [3.63, 3.8) is 0 Å². The molecule has 0 rings (SSSR count). The van der Waals surface area contributed by atoms with Crippen LogP contribution in [0.5, 0.6) is 0 Å². The molecule has 0 aliphatic rings. The summed E-state index contributed by atoms with van der Waals surface area (Å²) in [6, 6.07) is 0. The van der Waals surface area contributed by atoms with Gasteiger partial charge in [-0.25, -0.2) is 0 Å². The SMILES string of the molecule is C/C=C(\C)[C@@H](O[Si](C)(C)C(C)(C)C)[C@H](C)C(=O)CC=C(C)C.C/C=C(\C)[C@@H](O[Si](C)(C)C(C)(C)C)[C@H](C)[C@H](O)CC=C(C)C.O=C=O.O=C=O.[V].[V]. The number of rotatable bonds is 14. The van der Waals surface area contributed by atoms with Gasteiger partial charge in [-0.15, -0.1) is 0 Å². The van der Waals surface area contributed by atoms with Crippen LogP contribution in [0.2, 0.25) is 36.3 Å². The standard InChI is InChI=1S/C19H38O2Si.C19H36O2Si.2CO2.2V/c2*1-11-15(4)18(21-22(9,10)19(6,7)8)16(5)17(20)13-12-14(2)3;2*2-1-3;;/h11-12,16-18,20H,13H2,1-10H3;11-12,16,18H,13H2,1-10H3;;;;/b2*15-11+;;;;/t16-,17-,18-;16-,18-;;;;/m11..../s1. The van der Waals surface area contributed by atoms with Crippen LogP contribution < -0.4 is 0 Å². The summed E-state index contributed by atoms with van der Waals surface area (Å²) in [5, 5.41) is 10.9. The van der Waals surface area contributed by atoms with E-state index in [9.17, 15) is 9.90 Å². The maximum atomic E-state index is 12.5. The second-order valence-electron chi connectivity index (χ2n) is 16.5. The second kappa shape index (κ2) is 30.1. The molecule has 2 radical (unpaired) electrons. The van der Waals surface area contributed by atoms with Crippen LogP contribution in [-0.2, 0) is 69.9 Å². The Bertz CT molecular complexity index is 1180. The number of aliphatic hydroxyl groups excluding tert-OH is 1. The summed E-state index contributed by atoms with van der Waals surface area (Å²) in [5.74, 6) is 0.230. The van der Waals surface area contributed by atoms with Crippen LogP contribution in [0.3, 0.4) is 0 Å². The average molecular weight is 841 g/mol. The van der Waals surface area contributed by atoms with Crippen molar-refractivity contribution in [1.29, 1.82) is 0 Å². The smallest absolute Gasteiger partial charge is 0.373 e. The van der Waals surface area contributed by atoms with E-state index in [-0.39, 0.29) is 95.4 Å². The zero-order chi connectivity index (χ0) is 40.8. The molecule has 1 N–H and O–H groups in total. The predicted molar refractivity (Wildman–Crippen MR) is 210 cm³/mol. The van der Waals surface area contributed by atoms with Gasteiger partial charge in [-0.3, -0.25) is 4.79 Å². The van der Waals surface area contributed by atoms with Crippen molar-refractivity contribution in [2.75, 3.05) is 0 Å². The third kappa shape index (κ3) is 26.6. The minimum absolute atomic E-state index is 0. The third-order valence-electron chi connectivity index (χ3n) is 9.79. The van der Waals surface area contributed by atoms with Crippen molar-refractivity contribution < 1.29 is 75.0 Å². The van der Waals surface area contributed by atoms with Gasteiger partial charge >= 0.3 is 12.3 Å². The molecule has 0 aliphatic carbocycles. The summed E-state index contributed by atoms with van der Waals surface area (Å²) in [4.78, 5) is 45.0. The number of Topliss-reactive ketones (excluding diaryl/α,β-unsaturated/α-hetero) is 1. The van der Waals surface area contributed by atoms with Gasteiger partial charge in [0, 0.05) is 55.4 Å². The molecule has 0 amide bonds. The van der Waals surface area contributed by atoms with Crippen molar-refractivity contribution >= 4 is 34.7 Å². The fourth-order valence-corrected chi connectivity index (χ4v) is 6.72. The van der Waals surface area contributed by atoms with E-state index in [0.29, 0.717) is 12.8 Å². The maximum Gasteiger partial charge on any atom is 0.373 e. The maximum absolute atomic E-state index is 12.5. The quantitative estimate of drug-likeness (QED) is 0.135. The van der Waals surface area contributed by atoms with Gasteiger partial charge in [0.25, 0.3) is 0 Å². The Morgan fingerprint density at radius 2 is 0.981 bits per heavy atom. The van der Waals surface area contributed by atoms with Crippen LogP contribution >= 0.6 is 0 Å². The zero-order valence-corrected chi connectivity index (χ0v) is 41.1. The van der Waals surface area contributed by atoms with E-state index in [4.69, 9.17) is 28.0 Å². The van der Waals surface area contributed by atoms with E-state index >= 15 is 0 Å². The number of hydrogen-bond acceptors (Lipinski definition) is 8. The Morgan fingerprint density at radius 1 is 0.673 bits per heavy atom. The molecule has 0 aromatic heterocycles. The largest absolute Gasteiger partial charge is 0.410 e. The number of aliphatic hydroxyl groups is 1. The van der Waals surface area contributed by atoms with Crippen molar-refractivity contribution in [2.24, 2.45) is 11.8 Å². The summed E-state index contributed by atoms with van der Waals surface area (Å²) in [6.45, 7) is 43.1. The minimum atomic E-state index is -1.91. The molecule has 300 valence electrons. The van der Waals surface area contributed by atoms with Gasteiger partial charge < -0.3 is 14.0 Å². The normalized spacial score (nSPS) is 14.7. The zero-order valence-electron chi connectivity index (χ0n) is 36.3. The molecule has 5 atom stereocenters. The van der Waals surface area contributed by atoms with Gasteiger partial charge in [0.05, 0.1) is 18.3 Å². The van der Waals surface area contributed by atoms with Crippen molar-refractivity contribution in [3.8, 4) is 0 Å². The molecule has 0 spiro atoms. The van der Waals surface area contributed by atoms with Crippen LogP contribution in [0.15, 0.2) is 46.6 Å². The number of allylic oxidation sites excluding steroid dienone is 5. The third-order valence-corrected chi connectivity index (χ3v) is 18.7. The topological polar surface area (TPSA) is 124 Å². The molecule has 0 unspecified atom stereocenters. The van der Waals surface area contributed by atoms with Crippen LogP contribution in [-0.4, -0.2) is 58.1 Å². The summed E-state index contributed by atoms with van der Waals surface area (Å²) in [5.41, 5.74) is 4.80. The molecule has 8 nitrogen and oxygen atoms in total. The summed E-state index contributed by atoms with van der Waals surface area (Å²) >= 11 is 0. The first kappa shape index (κ1) is 62.8. The van der Waals surface area contributed by atoms with Gasteiger partial charge in [-0.1, -0.05) is 90.8 Å². The molecule has 12 heteroatoms.